The molecule has 2 amide bonds. The van der Waals surface area contributed by atoms with E-state index in [1.807, 2.05) is 36.4 Å². The van der Waals surface area contributed by atoms with Crippen LogP contribution in [0.1, 0.15) is 36.3 Å². The summed E-state index contributed by atoms with van der Waals surface area (Å²) in [6.45, 7) is 0.306. The first-order valence-corrected chi connectivity index (χ1v) is 11.6. The Morgan fingerprint density at radius 1 is 1.00 bits per heavy atom. The zero-order valence-corrected chi connectivity index (χ0v) is 19.5. The number of rotatable bonds is 9. The zero-order chi connectivity index (χ0) is 24.2. The normalized spacial score (nSPS) is 16.7. The number of carbonyl (C=O) groups is 3. The van der Waals surface area contributed by atoms with Crippen molar-refractivity contribution < 1.29 is 24.2 Å². The third-order valence-electron chi connectivity index (χ3n) is 6.68. The SMILES string of the molecule is CN(C)CC(NC(=O)C(NC(=O)OCC1c2ccccc2-c2ccccc21)C1CCC1)C(=O)O. The molecule has 0 heterocycles. The van der Waals surface area contributed by atoms with Gasteiger partial charge in [-0.15, -0.1) is 0 Å². The molecule has 1 fully saturated rings. The first-order chi connectivity index (χ1) is 16.3. The number of carbonyl (C=O) groups excluding carboxylic acids is 2. The fourth-order valence-electron chi connectivity index (χ4n) is 4.75. The van der Waals surface area contributed by atoms with Gasteiger partial charge in [0.2, 0.25) is 5.91 Å². The van der Waals surface area contributed by atoms with E-state index in [1.54, 1.807) is 19.0 Å². The zero-order valence-electron chi connectivity index (χ0n) is 19.5. The van der Waals surface area contributed by atoms with E-state index in [1.165, 1.54) is 0 Å². The molecule has 0 spiro atoms. The summed E-state index contributed by atoms with van der Waals surface area (Å²) in [5.41, 5.74) is 4.49. The minimum absolute atomic E-state index is 0.0331. The number of amides is 2. The molecule has 2 unspecified atom stereocenters. The van der Waals surface area contributed by atoms with Gasteiger partial charge in [0.1, 0.15) is 18.7 Å². The van der Waals surface area contributed by atoms with Crippen molar-refractivity contribution in [3.8, 4) is 11.1 Å². The van der Waals surface area contributed by atoms with Crippen molar-refractivity contribution in [2.24, 2.45) is 5.92 Å². The van der Waals surface area contributed by atoms with Gasteiger partial charge in [-0.1, -0.05) is 55.0 Å². The van der Waals surface area contributed by atoms with Gasteiger partial charge in [0.15, 0.2) is 0 Å². The van der Waals surface area contributed by atoms with Crippen molar-refractivity contribution in [3.05, 3.63) is 59.7 Å². The Labute approximate surface area is 199 Å². The van der Waals surface area contributed by atoms with Gasteiger partial charge in [-0.05, 0) is 55.1 Å². The van der Waals surface area contributed by atoms with Crippen LogP contribution in [0.15, 0.2) is 48.5 Å². The maximum absolute atomic E-state index is 12.9. The molecule has 8 heteroatoms. The van der Waals surface area contributed by atoms with Crippen LogP contribution in [0.2, 0.25) is 0 Å². The largest absolute Gasteiger partial charge is 0.480 e. The van der Waals surface area contributed by atoms with Gasteiger partial charge in [-0.25, -0.2) is 9.59 Å². The Balaban J connectivity index is 1.41. The van der Waals surface area contributed by atoms with Gasteiger partial charge in [0.05, 0.1) is 0 Å². The average molecular weight is 466 g/mol. The van der Waals surface area contributed by atoms with Gasteiger partial charge in [0, 0.05) is 12.5 Å². The summed E-state index contributed by atoms with van der Waals surface area (Å²) in [5.74, 6) is -1.72. The summed E-state index contributed by atoms with van der Waals surface area (Å²) < 4.78 is 5.60. The van der Waals surface area contributed by atoms with Gasteiger partial charge >= 0.3 is 12.1 Å². The highest BCUT2D eigenvalue weighted by Gasteiger charge is 2.36. The molecule has 180 valence electrons. The summed E-state index contributed by atoms with van der Waals surface area (Å²) in [6.07, 6.45) is 1.90. The summed E-state index contributed by atoms with van der Waals surface area (Å²) >= 11 is 0. The van der Waals surface area contributed by atoms with Crippen LogP contribution in [0, 0.1) is 5.92 Å². The lowest BCUT2D eigenvalue weighted by molar-refractivity contribution is -0.142. The van der Waals surface area contributed by atoms with Crippen molar-refractivity contribution in [2.45, 2.75) is 37.3 Å². The molecule has 0 saturated heterocycles. The number of benzene rings is 2. The van der Waals surface area contributed by atoms with Crippen LogP contribution in [0.5, 0.6) is 0 Å². The van der Waals surface area contributed by atoms with Crippen LogP contribution in [0.3, 0.4) is 0 Å². The Morgan fingerprint density at radius 2 is 1.59 bits per heavy atom. The van der Waals surface area contributed by atoms with Crippen LogP contribution < -0.4 is 10.6 Å². The van der Waals surface area contributed by atoms with Crippen molar-refractivity contribution in [1.29, 1.82) is 0 Å². The molecule has 2 aromatic carbocycles. The fraction of sp³-hybridized carbons (Fsp3) is 0.423. The summed E-state index contributed by atoms with van der Waals surface area (Å²) in [4.78, 5) is 38.9. The number of fused-ring (bicyclic) bond motifs is 3. The molecule has 4 rings (SSSR count). The third-order valence-corrected chi connectivity index (χ3v) is 6.68. The minimum atomic E-state index is -1.12. The lowest BCUT2D eigenvalue weighted by atomic mass is 9.79. The van der Waals surface area contributed by atoms with E-state index in [9.17, 15) is 19.5 Å². The first kappa shape index (κ1) is 23.8. The molecular formula is C26H31N3O5. The monoisotopic (exact) mass is 465 g/mol. The van der Waals surface area contributed by atoms with Gasteiger partial charge in [0.25, 0.3) is 0 Å². The number of carboxylic acids is 1. The quantitative estimate of drug-likeness (QED) is 0.526. The molecule has 1 saturated carbocycles. The number of hydrogen-bond acceptors (Lipinski definition) is 5. The summed E-state index contributed by atoms with van der Waals surface area (Å²) in [7, 11) is 3.47. The van der Waals surface area contributed by atoms with Crippen LogP contribution in [-0.4, -0.2) is 67.3 Å². The molecular weight excluding hydrogens is 434 g/mol. The Kier molecular flexibility index (Phi) is 7.17. The van der Waals surface area contributed by atoms with Crippen LogP contribution in [0.25, 0.3) is 11.1 Å². The molecule has 0 radical (unpaired) electrons. The van der Waals surface area contributed by atoms with Crippen LogP contribution in [0.4, 0.5) is 4.79 Å². The number of carboxylic acid groups (broad SMARTS) is 1. The number of nitrogens with zero attached hydrogens (tertiary/aromatic N) is 1. The van der Waals surface area contributed by atoms with Gasteiger partial charge < -0.3 is 25.4 Å². The molecule has 0 aliphatic heterocycles. The molecule has 2 atom stereocenters. The molecule has 2 aromatic rings. The number of likely N-dealkylation sites (N-methyl/N-ethyl adjacent to an activating group) is 1. The number of nitrogens with one attached hydrogen (secondary N) is 2. The topological polar surface area (TPSA) is 108 Å². The first-order valence-electron chi connectivity index (χ1n) is 11.6. The van der Waals surface area contributed by atoms with Crippen LogP contribution >= 0.6 is 0 Å². The van der Waals surface area contributed by atoms with E-state index in [-0.39, 0.29) is 25.0 Å². The predicted octanol–water partition coefficient (Wildman–Crippen LogP) is 2.82. The summed E-state index contributed by atoms with van der Waals surface area (Å²) in [5, 5.41) is 14.7. The summed E-state index contributed by atoms with van der Waals surface area (Å²) in [6, 6.07) is 14.3. The van der Waals surface area contributed by atoms with E-state index < -0.39 is 30.1 Å². The Morgan fingerprint density at radius 3 is 2.09 bits per heavy atom. The Hall–Kier alpha value is -3.39. The second-order valence-electron chi connectivity index (χ2n) is 9.30. The predicted molar refractivity (Wildman–Crippen MR) is 127 cm³/mol. The van der Waals surface area contributed by atoms with E-state index in [0.29, 0.717) is 0 Å². The standard InChI is InChI=1S/C26H31N3O5/c1-29(2)14-22(25(31)32)27-24(30)23(16-8-7-9-16)28-26(33)34-15-21-19-12-5-3-10-17(19)18-11-4-6-13-20(18)21/h3-6,10-13,16,21-23H,7-9,14-15H2,1-2H3,(H,27,30)(H,28,33)(H,31,32). The third kappa shape index (κ3) is 5.07. The molecule has 3 N–H and O–H groups in total. The highest BCUT2D eigenvalue weighted by molar-refractivity contribution is 5.89. The average Bonchev–Trinajstić information content (AvgIpc) is 3.09. The number of ether oxygens (including phenoxy) is 1. The number of aliphatic carboxylic acids is 1. The van der Waals surface area contributed by atoms with E-state index in [4.69, 9.17) is 4.74 Å². The number of alkyl carbamates (subject to hydrolysis) is 1. The van der Waals surface area contributed by atoms with Gasteiger partial charge in [-0.2, -0.15) is 0 Å². The van der Waals surface area contributed by atoms with Crippen molar-refractivity contribution in [3.63, 3.8) is 0 Å². The maximum Gasteiger partial charge on any atom is 0.407 e. The smallest absolute Gasteiger partial charge is 0.407 e. The molecule has 8 nitrogen and oxygen atoms in total. The van der Waals surface area contributed by atoms with Gasteiger partial charge in [-0.3, -0.25) is 4.79 Å². The Bertz CT molecular complexity index is 1020. The van der Waals surface area contributed by atoms with Crippen molar-refractivity contribution in [1.82, 2.24) is 15.5 Å². The van der Waals surface area contributed by atoms with Crippen molar-refractivity contribution >= 4 is 18.0 Å². The van der Waals surface area contributed by atoms with E-state index in [2.05, 4.69) is 22.8 Å². The second-order valence-corrected chi connectivity index (χ2v) is 9.30. The molecule has 2 aliphatic rings. The van der Waals surface area contributed by atoms with E-state index >= 15 is 0 Å². The second kappa shape index (κ2) is 10.3. The van der Waals surface area contributed by atoms with E-state index in [0.717, 1.165) is 41.5 Å². The maximum atomic E-state index is 12.9. The fourth-order valence-corrected chi connectivity index (χ4v) is 4.75. The highest BCUT2D eigenvalue weighted by Crippen LogP contribution is 2.44. The lowest BCUT2D eigenvalue weighted by Crippen LogP contribution is -2.57. The van der Waals surface area contributed by atoms with Crippen molar-refractivity contribution in [2.75, 3.05) is 27.2 Å². The lowest BCUT2D eigenvalue weighted by Gasteiger charge is -2.34. The number of hydrogen-bond donors (Lipinski definition) is 3. The van der Waals surface area contributed by atoms with Crippen LogP contribution in [-0.2, 0) is 14.3 Å². The molecule has 0 aromatic heterocycles. The molecule has 0 bridgehead atoms. The molecule has 34 heavy (non-hydrogen) atoms. The molecule has 2 aliphatic carbocycles. The minimum Gasteiger partial charge on any atom is -0.480 e. The highest BCUT2D eigenvalue weighted by atomic mass is 16.5.